The molecule has 1 saturated heterocycles. The standard InChI is InChI=1S/C13H27NO/c1-4-9-14-10-7-13(15,8-11-14)6-5-12(2)3/h12,15H,4-11H2,1-3H3. The molecule has 1 fully saturated rings. The zero-order valence-electron chi connectivity index (χ0n) is 10.6. The van der Waals surface area contributed by atoms with Gasteiger partial charge in [-0.1, -0.05) is 20.8 Å². The molecule has 90 valence electrons. The van der Waals surface area contributed by atoms with Crippen molar-refractivity contribution in [1.29, 1.82) is 0 Å². The van der Waals surface area contributed by atoms with Crippen molar-refractivity contribution >= 4 is 0 Å². The summed E-state index contributed by atoms with van der Waals surface area (Å²) in [5.41, 5.74) is -0.353. The molecule has 0 aliphatic carbocycles. The predicted octanol–water partition coefficient (Wildman–Crippen LogP) is 2.66. The summed E-state index contributed by atoms with van der Waals surface area (Å²) in [6, 6.07) is 0. The summed E-state index contributed by atoms with van der Waals surface area (Å²) in [7, 11) is 0. The number of likely N-dealkylation sites (tertiary alicyclic amines) is 1. The lowest BCUT2D eigenvalue weighted by Gasteiger charge is -2.38. The van der Waals surface area contributed by atoms with E-state index < -0.39 is 0 Å². The van der Waals surface area contributed by atoms with E-state index >= 15 is 0 Å². The van der Waals surface area contributed by atoms with Crippen LogP contribution >= 0.6 is 0 Å². The summed E-state index contributed by atoms with van der Waals surface area (Å²) in [6.45, 7) is 10.1. The summed E-state index contributed by atoms with van der Waals surface area (Å²) < 4.78 is 0. The van der Waals surface area contributed by atoms with E-state index in [-0.39, 0.29) is 5.60 Å². The molecule has 2 nitrogen and oxygen atoms in total. The van der Waals surface area contributed by atoms with E-state index in [4.69, 9.17) is 0 Å². The van der Waals surface area contributed by atoms with Crippen LogP contribution in [-0.2, 0) is 0 Å². The van der Waals surface area contributed by atoms with Crippen LogP contribution in [0.25, 0.3) is 0 Å². The second-order valence-electron chi connectivity index (χ2n) is 5.50. The average Bonchev–Trinajstić information content (AvgIpc) is 2.20. The van der Waals surface area contributed by atoms with E-state index in [9.17, 15) is 5.11 Å². The van der Waals surface area contributed by atoms with Gasteiger partial charge < -0.3 is 10.0 Å². The van der Waals surface area contributed by atoms with E-state index in [2.05, 4.69) is 25.7 Å². The Bertz CT molecular complexity index is 171. The molecule has 1 rings (SSSR count). The first kappa shape index (κ1) is 13.0. The first-order valence-corrected chi connectivity index (χ1v) is 6.50. The molecule has 1 N–H and O–H groups in total. The number of piperidine rings is 1. The molecule has 0 aromatic rings. The highest BCUT2D eigenvalue weighted by Gasteiger charge is 2.31. The zero-order valence-corrected chi connectivity index (χ0v) is 10.6. The van der Waals surface area contributed by atoms with Gasteiger partial charge in [0.15, 0.2) is 0 Å². The third-order valence-electron chi connectivity index (χ3n) is 3.51. The van der Waals surface area contributed by atoms with E-state index in [0.717, 1.165) is 38.8 Å². The molecule has 1 heterocycles. The third kappa shape index (κ3) is 4.52. The van der Waals surface area contributed by atoms with Gasteiger partial charge in [0, 0.05) is 13.1 Å². The van der Waals surface area contributed by atoms with Gasteiger partial charge in [0.25, 0.3) is 0 Å². The molecule has 0 radical (unpaired) electrons. The third-order valence-corrected chi connectivity index (χ3v) is 3.51. The first-order chi connectivity index (χ1) is 7.06. The Morgan fingerprint density at radius 1 is 1.27 bits per heavy atom. The van der Waals surface area contributed by atoms with Crippen molar-refractivity contribution in [1.82, 2.24) is 4.90 Å². The molecule has 0 unspecified atom stereocenters. The Morgan fingerprint density at radius 3 is 2.33 bits per heavy atom. The summed E-state index contributed by atoms with van der Waals surface area (Å²) in [5.74, 6) is 0.711. The van der Waals surface area contributed by atoms with Crippen LogP contribution < -0.4 is 0 Å². The predicted molar refractivity (Wildman–Crippen MR) is 65.0 cm³/mol. The maximum atomic E-state index is 10.4. The lowest BCUT2D eigenvalue weighted by Crippen LogP contribution is -2.44. The minimum Gasteiger partial charge on any atom is -0.390 e. The quantitative estimate of drug-likeness (QED) is 0.759. The largest absolute Gasteiger partial charge is 0.390 e. The van der Waals surface area contributed by atoms with E-state index in [1.165, 1.54) is 13.0 Å². The monoisotopic (exact) mass is 213 g/mol. The molecule has 1 aliphatic heterocycles. The fourth-order valence-electron chi connectivity index (χ4n) is 2.32. The molecule has 2 heteroatoms. The highest BCUT2D eigenvalue weighted by molar-refractivity contribution is 4.85. The normalized spacial score (nSPS) is 22.2. The van der Waals surface area contributed by atoms with Gasteiger partial charge in [0.05, 0.1) is 5.60 Å². The van der Waals surface area contributed by atoms with Crippen molar-refractivity contribution in [2.75, 3.05) is 19.6 Å². The highest BCUT2D eigenvalue weighted by atomic mass is 16.3. The Hall–Kier alpha value is -0.0800. The van der Waals surface area contributed by atoms with Crippen molar-refractivity contribution in [3.8, 4) is 0 Å². The topological polar surface area (TPSA) is 23.5 Å². The van der Waals surface area contributed by atoms with Gasteiger partial charge in [-0.05, 0) is 44.6 Å². The molecule has 0 aromatic carbocycles. The Morgan fingerprint density at radius 2 is 1.87 bits per heavy atom. The second-order valence-corrected chi connectivity index (χ2v) is 5.50. The van der Waals surface area contributed by atoms with Crippen LogP contribution in [0.2, 0.25) is 0 Å². The fourth-order valence-corrected chi connectivity index (χ4v) is 2.32. The number of aliphatic hydroxyl groups is 1. The van der Waals surface area contributed by atoms with Crippen molar-refractivity contribution < 1.29 is 5.11 Å². The van der Waals surface area contributed by atoms with E-state index in [1.807, 2.05) is 0 Å². The van der Waals surface area contributed by atoms with Gasteiger partial charge in [-0.2, -0.15) is 0 Å². The fraction of sp³-hybridized carbons (Fsp3) is 1.00. The van der Waals surface area contributed by atoms with Gasteiger partial charge in [-0.25, -0.2) is 0 Å². The molecule has 15 heavy (non-hydrogen) atoms. The zero-order chi connectivity index (χ0) is 11.3. The van der Waals surface area contributed by atoms with E-state index in [1.54, 1.807) is 0 Å². The minimum absolute atomic E-state index is 0.353. The number of rotatable bonds is 5. The molecular weight excluding hydrogens is 186 g/mol. The van der Waals surface area contributed by atoms with Crippen LogP contribution in [0.3, 0.4) is 0 Å². The van der Waals surface area contributed by atoms with Crippen molar-refractivity contribution in [2.45, 2.75) is 58.5 Å². The summed E-state index contributed by atoms with van der Waals surface area (Å²) >= 11 is 0. The SMILES string of the molecule is CCCN1CCC(O)(CCC(C)C)CC1. The number of hydrogen-bond donors (Lipinski definition) is 1. The van der Waals surface area contributed by atoms with Crippen LogP contribution in [0.4, 0.5) is 0 Å². The lowest BCUT2D eigenvalue weighted by atomic mass is 9.85. The molecule has 0 saturated carbocycles. The first-order valence-electron chi connectivity index (χ1n) is 6.50. The number of nitrogens with zero attached hydrogens (tertiary/aromatic N) is 1. The number of hydrogen-bond acceptors (Lipinski definition) is 2. The van der Waals surface area contributed by atoms with Crippen LogP contribution in [0.5, 0.6) is 0 Å². The maximum Gasteiger partial charge on any atom is 0.0672 e. The molecular formula is C13H27NO. The molecule has 1 aliphatic rings. The molecule has 0 atom stereocenters. The molecule has 0 bridgehead atoms. The van der Waals surface area contributed by atoms with Crippen LogP contribution in [0.1, 0.15) is 52.9 Å². The lowest BCUT2D eigenvalue weighted by molar-refractivity contribution is -0.0308. The van der Waals surface area contributed by atoms with Gasteiger partial charge in [-0.15, -0.1) is 0 Å². The minimum atomic E-state index is -0.353. The van der Waals surface area contributed by atoms with Crippen molar-refractivity contribution in [2.24, 2.45) is 5.92 Å². The van der Waals surface area contributed by atoms with Gasteiger partial charge in [0.1, 0.15) is 0 Å². The molecule has 0 amide bonds. The smallest absolute Gasteiger partial charge is 0.0672 e. The summed E-state index contributed by atoms with van der Waals surface area (Å²) in [4.78, 5) is 2.48. The van der Waals surface area contributed by atoms with Crippen LogP contribution in [-0.4, -0.2) is 35.2 Å². The summed E-state index contributed by atoms with van der Waals surface area (Å²) in [6.07, 6.45) is 5.32. The highest BCUT2D eigenvalue weighted by Crippen LogP contribution is 2.28. The molecule has 0 aromatic heterocycles. The summed E-state index contributed by atoms with van der Waals surface area (Å²) in [5, 5.41) is 10.4. The van der Waals surface area contributed by atoms with Crippen molar-refractivity contribution in [3.63, 3.8) is 0 Å². The Balaban J connectivity index is 2.27. The van der Waals surface area contributed by atoms with Gasteiger partial charge in [0.2, 0.25) is 0 Å². The van der Waals surface area contributed by atoms with Crippen molar-refractivity contribution in [3.05, 3.63) is 0 Å². The maximum absolute atomic E-state index is 10.4. The van der Waals surface area contributed by atoms with Crippen LogP contribution in [0, 0.1) is 5.92 Å². The Labute approximate surface area is 94.7 Å². The van der Waals surface area contributed by atoms with E-state index in [0.29, 0.717) is 5.92 Å². The average molecular weight is 213 g/mol. The second kappa shape index (κ2) is 5.86. The Kier molecular flexibility index (Phi) is 5.07. The van der Waals surface area contributed by atoms with Gasteiger partial charge in [-0.3, -0.25) is 0 Å². The molecule has 0 spiro atoms. The van der Waals surface area contributed by atoms with Crippen LogP contribution in [0.15, 0.2) is 0 Å². The van der Waals surface area contributed by atoms with Gasteiger partial charge >= 0.3 is 0 Å².